The van der Waals surface area contributed by atoms with E-state index in [4.69, 9.17) is 9.84 Å². The predicted molar refractivity (Wildman–Crippen MR) is 82.0 cm³/mol. The van der Waals surface area contributed by atoms with Crippen LogP contribution < -0.4 is 0 Å². The van der Waals surface area contributed by atoms with Crippen LogP contribution in [0.2, 0.25) is 0 Å². The van der Waals surface area contributed by atoms with Gasteiger partial charge in [-0.1, -0.05) is 15.9 Å². The van der Waals surface area contributed by atoms with Crippen molar-refractivity contribution in [3.63, 3.8) is 0 Å². The topological polar surface area (TPSA) is 124 Å². The number of ketones is 1. The summed E-state index contributed by atoms with van der Waals surface area (Å²) in [6.45, 7) is 2.35. The second-order valence-electron chi connectivity index (χ2n) is 5.25. The number of benzene rings is 1. The molecule has 0 radical (unpaired) electrons. The molecule has 1 N–H and O–H groups in total. The van der Waals surface area contributed by atoms with Crippen LogP contribution in [0, 0.1) is 15.5 Å². The molecule has 0 saturated carbocycles. The number of esters is 1. The van der Waals surface area contributed by atoms with Gasteiger partial charge in [0.2, 0.25) is 0 Å². The van der Waals surface area contributed by atoms with E-state index >= 15 is 0 Å². The number of hydrogen-bond donors (Lipinski definition) is 1. The molecule has 0 aliphatic carbocycles. The Morgan fingerprint density at radius 2 is 1.83 bits per heavy atom. The molecular weight excluding hydrogens is 374 g/mol. The lowest BCUT2D eigenvalue weighted by Gasteiger charge is -2.23. The number of rotatable bonds is 7. The molecule has 0 amide bonds. The number of ether oxygens (including phenoxy) is 1. The van der Waals surface area contributed by atoms with Gasteiger partial charge in [0, 0.05) is 12.1 Å². The van der Waals surface area contributed by atoms with E-state index in [-0.39, 0.29) is 12.3 Å². The Hall–Kier alpha value is -2.29. The molecule has 0 fully saturated rings. The number of carbonyl (C=O) groups excluding carboxylic acids is 2. The molecule has 124 valence electrons. The second kappa shape index (κ2) is 7.32. The third-order valence-corrected chi connectivity index (χ3v) is 4.69. The summed E-state index contributed by atoms with van der Waals surface area (Å²) < 4.78 is 4.80. The first-order valence-corrected chi connectivity index (χ1v) is 7.30. The number of carboxylic acid groups (broad SMARTS) is 1. The van der Waals surface area contributed by atoms with Crippen molar-refractivity contribution < 1.29 is 29.2 Å². The lowest BCUT2D eigenvalue weighted by molar-refractivity contribution is -0.384. The van der Waals surface area contributed by atoms with Crippen molar-refractivity contribution in [3.05, 3.63) is 39.9 Å². The fourth-order valence-corrected chi connectivity index (χ4v) is 1.86. The number of nitrogens with zero attached hydrogens (tertiary/aromatic N) is 1. The monoisotopic (exact) mass is 387 g/mol. The third kappa shape index (κ3) is 4.59. The van der Waals surface area contributed by atoms with Crippen molar-refractivity contribution >= 4 is 39.3 Å². The smallest absolute Gasteiger partial charge is 0.376 e. The number of nitro groups is 1. The van der Waals surface area contributed by atoms with Crippen molar-refractivity contribution in [3.8, 4) is 0 Å². The number of aliphatic carboxylic acids is 1. The highest BCUT2D eigenvalue weighted by Gasteiger charge is 2.42. The molecular formula is C14H14BrNO7. The van der Waals surface area contributed by atoms with E-state index < -0.39 is 32.9 Å². The SMILES string of the molecule is CC(C)(C(=O)O)C(Br)C(=O)C(=O)OCc1ccc([N+](=O)[O-])cc1. The van der Waals surface area contributed by atoms with Gasteiger partial charge in [0.05, 0.1) is 10.3 Å². The van der Waals surface area contributed by atoms with Crippen LogP contribution in [0.1, 0.15) is 19.4 Å². The zero-order chi connectivity index (χ0) is 17.8. The van der Waals surface area contributed by atoms with E-state index in [0.717, 1.165) is 0 Å². The Balaban J connectivity index is 2.67. The van der Waals surface area contributed by atoms with Gasteiger partial charge in [0.25, 0.3) is 11.5 Å². The first-order valence-electron chi connectivity index (χ1n) is 6.39. The van der Waals surface area contributed by atoms with Gasteiger partial charge in [0.1, 0.15) is 11.4 Å². The van der Waals surface area contributed by atoms with Gasteiger partial charge in [-0.15, -0.1) is 0 Å². The van der Waals surface area contributed by atoms with Gasteiger partial charge in [-0.3, -0.25) is 19.7 Å². The Morgan fingerprint density at radius 1 is 1.30 bits per heavy atom. The largest absolute Gasteiger partial charge is 0.481 e. The summed E-state index contributed by atoms with van der Waals surface area (Å²) in [5.41, 5.74) is -1.14. The Morgan fingerprint density at radius 3 is 2.26 bits per heavy atom. The maximum atomic E-state index is 11.9. The zero-order valence-corrected chi connectivity index (χ0v) is 13.9. The van der Waals surface area contributed by atoms with Gasteiger partial charge in [0.15, 0.2) is 0 Å². The van der Waals surface area contributed by atoms with E-state index in [2.05, 4.69) is 15.9 Å². The number of hydrogen-bond acceptors (Lipinski definition) is 6. The molecule has 9 heteroatoms. The predicted octanol–water partition coefficient (Wildman–Crippen LogP) is 2.08. The van der Waals surface area contributed by atoms with Crippen LogP contribution in [0.15, 0.2) is 24.3 Å². The van der Waals surface area contributed by atoms with Gasteiger partial charge in [-0.05, 0) is 31.5 Å². The minimum Gasteiger partial charge on any atom is -0.481 e. The Kier molecular flexibility index (Phi) is 5.97. The second-order valence-corrected chi connectivity index (χ2v) is 6.17. The molecule has 0 aromatic heterocycles. The first-order chi connectivity index (χ1) is 10.6. The molecule has 8 nitrogen and oxygen atoms in total. The minimum atomic E-state index is -1.48. The summed E-state index contributed by atoms with van der Waals surface area (Å²) in [4.78, 5) is 43.4. The summed E-state index contributed by atoms with van der Waals surface area (Å²) in [6, 6.07) is 5.27. The van der Waals surface area contributed by atoms with E-state index in [9.17, 15) is 24.5 Å². The lowest BCUT2D eigenvalue weighted by atomic mass is 9.87. The first kappa shape index (κ1) is 18.8. The molecule has 23 heavy (non-hydrogen) atoms. The van der Waals surface area contributed by atoms with Crippen LogP contribution in [-0.2, 0) is 25.7 Å². The van der Waals surface area contributed by atoms with Crippen LogP contribution >= 0.6 is 15.9 Å². The number of Topliss-reactive ketones (excluding diaryl/α,β-unsaturated/α-hetero) is 1. The number of carboxylic acids is 1. The fraction of sp³-hybridized carbons (Fsp3) is 0.357. The van der Waals surface area contributed by atoms with Crippen molar-refractivity contribution in [2.24, 2.45) is 5.41 Å². The summed E-state index contributed by atoms with van der Waals surface area (Å²) in [5.74, 6) is -3.44. The van der Waals surface area contributed by atoms with Gasteiger partial charge >= 0.3 is 11.9 Å². The maximum Gasteiger partial charge on any atom is 0.376 e. The molecule has 1 aromatic carbocycles. The average Bonchev–Trinajstić information content (AvgIpc) is 2.51. The molecule has 1 atom stereocenters. The molecule has 0 aliphatic heterocycles. The van der Waals surface area contributed by atoms with E-state index in [1.807, 2.05) is 0 Å². The van der Waals surface area contributed by atoms with E-state index in [1.165, 1.54) is 38.1 Å². The van der Waals surface area contributed by atoms with Crippen molar-refractivity contribution in [2.75, 3.05) is 0 Å². The van der Waals surface area contributed by atoms with Crippen LogP contribution in [0.3, 0.4) is 0 Å². The standard InChI is InChI=1S/C14H14BrNO7/c1-14(2,13(19)20)11(15)10(17)12(18)23-7-8-3-5-9(6-4-8)16(21)22/h3-6,11H,7H2,1-2H3,(H,19,20). The molecule has 0 heterocycles. The summed E-state index contributed by atoms with van der Waals surface area (Å²) >= 11 is 2.91. The minimum absolute atomic E-state index is 0.111. The molecule has 1 unspecified atom stereocenters. The van der Waals surface area contributed by atoms with Crippen LogP contribution in [0.25, 0.3) is 0 Å². The summed E-state index contributed by atoms with van der Waals surface area (Å²) in [6.07, 6.45) is 0. The number of carbonyl (C=O) groups is 3. The highest BCUT2D eigenvalue weighted by molar-refractivity contribution is 9.10. The number of halogens is 1. The molecule has 0 spiro atoms. The fourth-order valence-electron chi connectivity index (χ4n) is 1.47. The van der Waals surface area contributed by atoms with Gasteiger partial charge < -0.3 is 9.84 Å². The lowest BCUT2D eigenvalue weighted by Crippen LogP contribution is -2.41. The van der Waals surface area contributed by atoms with Crippen LogP contribution in [-0.4, -0.2) is 32.6 Å². The van der Waals surface area contributed by atoms with Gasteiger partial charge in [-0.25, -0.2) is 4.79 Å². The highest BCUT2D eigenvalue weighted by Crippen LogP contribution is 2.28. The summed E-state index contributed by atoms with van der Waals surface area (Å²) in [5, 5.41) is 19.5. The maximum absolute atomic E-state index is 11.9. The Labute approximate surface area is 139 Å². The summed E-state index contributed by atoms with van der Waals surface area (Å²) in [7, 11) is 0. The van der Waals surface area contributed by atoms with Crippen molar-refractivity contribution in [1.29, 1.82) is 0 Å². The Bertz CT molecular complexity index is 639. The normalized spacial score (nSPS) is 12.3. The van der Waals surface area contributed by atoms with E-state index in [0.29, 0.717) is 5.56 Å². The molecule has 1 aromatic rings. The van der Waals surface area contributed by atoms with Gasteiger partial charge in [-0.2, -0.15) is 0 Å². The molecule has 0 bridgehead atoms. The highest BCUT2D eigenvalue weighted by atomic mass is 79.9. The quantitative estimate of drug-likeness (QED) is 0.249. The van der Waals surface area contributed by atoms with Crippen LogP contribution in [0.5, 0.6) is 0 Å². The number of nitro benzene ring substituents is 1. The third-order valence-electron chi connectivity index (χ3n) is 3.13. The zero-order valence-electron chi connectivity index (χ0n) is 12.3. The molecule has 1 rings (SSSR count). The van der Waals surface area contributed by atoms with E-state index in [1.54, 1.807) is 0 Å². The molecule has 0 saturated heterocycles. The number of alkyl halides is 1. The number of non-ortho nitro benzene ring substituents is 1. The average molecular weight is 388 g/mol. The van der Waals surface area contributed by atoms with Crippen molar-refractivity contribution in [2.45, 2.75) is 25.3 Å². The van der Waals surface area contributed by atoms with Crippen LogP contribution in [0.4, 0.5) is 5.69 Å². The van der Waals surface area contributed by atoms with Crippen molar-refractivity contribution in [1.82, 2.24) is 0 Å². The molecule has 0 aliphatic rings.